The number of nitrogens with one attached hydrogen (secondary N) is 1. The molecule has 0 aliphatic carbocycles. The zero-order chi connectivity index (χ0) is 22.0. The maximum absolute atomic E-state index is 11.6. The Kier molecular flexibility index (Phi) is 5.47. The van der Waals surface area contributed by atoms with Crippen LogP contribution in [0, 0.1) is 0 Å². The number of hydrogen-bond acceptors (Lipinski definition) is 9. The number of pyridine rings is 1. The topological polar surface area (TPSA) is 161 Å². The molecule has 0 spiro atoms. The van der Waals surface area contributed by atoms with Crippen molar-refractivity contribution in [2.75, 3.05) is 12.4 Å². The van der Waals surface area contributed by atoms with E-state index >= 15 is 0 Å². The van der Waals surface area contributed by atoms with Crippen LogP contribution in [0.25, 0.3) is 17.3 Å². The van der Waals surface area contributed by atoms with E-state index in [0.29, 0.717) is 35.0 Å². The molecule has 0 atom stereocenters. The lowest BCUT2D eigenvalue weighted by atomic mass is 9.80. The van der Waals surface area contributed by atoms with E-state index in [4.69, 9.17) is 10.5 Å². The third-order valence-electron chi connectivity index (χ3n) is 4.58. The van der Waals surface area contributed by atoms with Crippen LogP contribution < -0.4 is 21.3 Å². The summed E-state index contributed by atoms with van der Waals surface area (Å²) in [6, 6.07) is 10.1. The van der Waals surface area contributed by atoms with Crippen molar-refractivity contribution >= 4 is 30.0 Å². The predicted octanol–water partition coefficient (Wildman–Crippen LogP) is -0.414. The Morgan fingerprint density at radius 3 is 2.84 bits per heavy atom. The first-order valence-corrected chi connectivity index (χ1v) is 9.21. The standard InChI is InChI=1S/C19H18BN7O4/c1-31-14-10-23-17(19-26-25-18-13(15(21)28)6-3-7-27(18)19)24-16(14)22-9-11-4-2-5-12(8-11)20(29)30/h2-8,10,29-30H,9H2,1H3,(H2,21,28)(H,22,23,24). The van der Waals surface area contributed by atoms with Gasteiger partial charge in [0.15, 0.2) is 23.0 Å². The van der Waals surface area contributed by atoms with Crippen molar-refractivity contribution in [1.29, 1.82) is 0 Å². The van der Waals surface area contributed by atoms with Crippen molar-refractivity contribution < 1.29 is 19.6 Å². The van der Waals surface area contributed by atoms with E-state index < -0.39 is 13.0 Å². The smallest absolute Gasteiger partial charge is 0.488 e. The van der Waals surface area contributed by atoms with E-state index in [9.17, 15) is 14.8 Å². The second-order valence-electron chi connectivity index (χ2n) is 6.59. The highest BCUT2D eigenvalue weighted by Crippen LogP contribution is 2.25. The van der Waals surface area contributed by atoms with Crippen LogP contribution in [0.2, 0.25) is 0 Å². The van der Waals surface area contributed by atoms with Gasteiger partial charge >= 0.3 is 7.12 Å². The van der Waals surface area contributed by atoms with E-state index in [1.807, 2.05) is 6.07 Å². The lowest BCUT2D eigenvalue weighted by Gasteiger charge is -2.11. The fourth-order valence-corrected chi connectivity index (χ4v) is 3.06. The lowest BCUT2D eigenvalue weighted by Crippen LogP contribution is -2.30. The maximum atomic E-state index is 11.6. The number of amides is 1. The first-order chi connectivity index (χ1) is 15.0. The van der Waals surface area contributed by atoms with Gasteiger partial charge in [0.25, 0.3) is 5.91 Å². The van der Waals surface area contributed by atoms with E-state index in [2.05, 4.69) is 25.5 Å². The number of carbonyl (C=O) groups excluding carboxylic acids is 1. The first-order valence-electron chi connectivity index (χ1n) is 9.21. The highest BCUT2D eigenvalue weighted by atomic mass is 16.5. The van der Waals surface area contributed by atoms with Crippen LogP contribution >= 0.6 is 0 Å². The molecule has 0 aliphatic rings. The number of nitrogens with two attached hydrogens (primary N) is 1. The summed E-state index contributed by atoms with van der Waals surface area (Å²) in [7, 11) is -0.0515. The maximum Gasteiger partial charge on any atom is 0.488 e. The van der Waals surface area contributed by atoms with Crippen molar-refractivity contribution in [2.45, 2.75) is 6.54 Å². The molecule has 0 saturated heterocycles. The number of rotatable bonds is 7. The zero-order valence-corrected chi connectivity index (χ0v) is 16.4. The molecule has 4 aromatic rings. The second-order valence-corrected chi connectivity index (χ2v) is 6.59. The van der Waals surface area contributed by atoms with Gasteiger partial charge in [-0.15, -0.1) is 10.2 Å². The SMILES string of the molecule is COc1cnc(-c2nnc3c(C(N)=O)cccn23)nc1NCc1cccc(B(O)O)c1. The monoisotopic (exact) mass is 419 g/mol. The number of carbonyl (C=O) groups is 1. The number of anilines is 1. The molecule has 31 heavy (non-hydrogen) atoms. The average Bonchev–Trinajstić information content (AvgIpc) is 3.21. The molecule has 12 heteroatoms. The number of fused-ring (bicyclic) bond motifs is 1. The molecule has 3 aromatic heterocycles. The number of hydrogen-bond donors (Lipinski definition) is 4. The van der Waals surface area contributed by atoms with Crippen molar-refractivity contribution in [3.63, 3.8) is 0 Å². The van der Waals surface area contributed by atoms with Crippen molar-refractivity contribution in [3.8, 4) is 17.4 Å². The largest absolute Gasteiger partial charge is 0.491 e. The van der Waals surface area contributed by atoms with E-state index in [1.165, 1.54) is 13.3 Å². The summed E-state index contributed by atoms with van der Waals surface area (Å²) in [5, 5.41) is 30.0. The van der Waals surface area contributed by atoms with Gasteiger partial charge in [0.1, 0.15) is 0 Å². The summed E-state index contributed by atoms with van der Waals surface area (Å²) in [5.41, 5.74) is 7.14. The molecule has 1 amide bonds. The Morgan fingerprint density at radius 1 is 1.26 bits per heavy atom. The fourth-order valence-electron chi connectivity index (χ4n) is 3.06. The van der Waals surface area contributed by atoms with Gasteiger partial charge in [-0.2, -0.15) is 0 Å². The normalized spacial score (nSPS) is 10.8. The van der Waals surface area contributed by atoms with Crippen LogP contribution in [0.4, 0.5) is 5.82 Å². The van der Waals surface area contributed by atoms with Crippen molar-refractivity contribution in [3.05, 3.63) is 59.9 Å². The molecule has 0 fully saturated rings. The summed E-state index contributed by atoms with van der Waals surface area (Å²) >= 11 is 0. The van der Waals surface area contributed by atoms with Gasteiger partial charge in [-0.05, 0) is 23.2 Å². The number of methoxy groups -OCH3 is 1. The molecule has 3 heterocycles. The predicted molar refractivity (Wildman–Crippen MR) is 113 cm³/mol. The molecule has 0 unspecified atom stereocenters. The van der Waals surface area contributed by atoms with E-state index in [-0.39, 0.29) is 11.4 Å². The van der Waals surface area contributed by atoms with Gasteiger partial charge in [-0.1, -0.05) is 24.3 Å². The van der Waals surface area contributed by atoms with Gasteiger partial charge < -0.3 is 25.8 Å². The highest BCUT2D eigenvalue weighted by molar-refractivity contribution is 6.58. The molecule has 0 radical (unpaired) electrons. The number of ether oxygens (including phenoxy) is 1. The average molecular weight is 419 g/mol. The Morgan fingerprint density at radius 2 is 2.10 bits per heavy atom. The zero-order valence-electron chi connectivity index (χ0n) is 16.4. The molecule has 5 N–H and O–H groups in total. The highest BCUT2D eigenvalue weighted by Gasteiger charge is 2.18. The molecule has 4 rings (SSSR count). The Bertz CT molecular complexity index is 1260. The third kappa shape index (κ3) is 4.02. The lowest BCUT2D eigenvalue weighted by molar-refractivity contribution is 0.100. The number of nitrogens with zero attached hydrogens (tertiary/aromatic N) is 5. The van der Waals surface area contributed by atoms with Crippen LogP contribution in [0.5, 0.6) is 5.75 Å². The molecular formula is C19H18BN7O4. The van der Waals surface area contributed by atoms with E-state index in [1.54, 1.807) is 40.9 Å². The van der Waals surface area contributed by atoms with Crippen LogP contribution in [0.15, 0.2) is 48.8 Å². The minimum atomic E-state index is -1.55. The van der Waals surface area contributed by atoms with Crippen LogP contribution in [0.1, 0.15) is 15.9 Å². The Balaban J connectivity index is 1.67. The van der Waals surface area contributed by atoms with Crippen molar-refractivity contribution in [2.24, 2.45) is 5.73 Å². The minimum Gasteiger partial charge on any atom is -0.491 e. The molecule has 0 aliphatic heterocycles. The van der Waals surface area contributed by atoms with Gasteiger partial charge in [0, 0.05) is 12.7 Å². The fraction of sp³-hybridized carbons (Fsp3) is 0.105. The van der Waals surface area contributed by atoms with Gasteiger partial charge in [0.05, 0.1) is 18.9 Å². The molecule has 0 saturated carbocycles. The van der Waals surface area contributed by atoms with Crippen LogP contribution in [-0.2, 0) is 6.54 Å². The summed E-state index contributed by atoms with van der Waals surface area (Å²) < 4.78 is 6.92. The first kappa shape index (κ1) is 20.3. The Labute approximate surface area is 176 Å². The molecule has 11 nitrogen and oxygen atoms in total. The molecule has 0 bridgehead atoms. The summed E-state index contributed by atoms with van der Waals surface area (Å²) in [5.74, 6) is 0.794. The van der Waals surface area contributed by atoms with Gasteiger partial charge in [-0.25, -0.2) is 9.97 Å². The summed E-state index contributed by atoms with van der Waals surface area (Å²) in [4.78, 5) is 20.4. The quantitative estimate of drug-likeness (QED) is 0.292. The van der Waals surface area contributed by atoms with Gasteiger partial charge in [-0.3, -0.25) is 9.20 Å². The van der Waals surface area contributed by atoms with Crippen LogP contribution in [-0.4, -0.2) is 54.7 Å². The molecular weight excluding hydrogens is 401 g/mol. The second kappa shape index (κ2) is 8.38. The summed E-state index contributed by atoms with van der Waals surface area (Å²) in [6.07, 6.45) is 3.18. The Hall–Kier alpha value is -4.03. The van der Waals surface area contributed by atoms with Crippen molar-refractivity contribution in [1.82, 2.24) is 24.6 Å². The minimum absolute atomic E-state index is 0.235. The molecule has 1 aromatic carbocycles. The molecule has 156 valence electrons. The third-order valence-corrected chi connectivity index (χ3v) is 4.58. The number of benzene rings is 1. The van der Waals surface area contributed by atoms with Crippen LogP contribution in [0.3, 0.4) is 0 Å². The number of primary amides is 1. The van der Waals surface area contributed by atoms with E-state index in [0.717, 1.165) is 5.56 Å². The van der Waals surface area contributed by atoms with Gasteiger partial charge in [0.2, 0.25) is 5.82 Å². The number of aromatic nitrogens is 5. The summed E-state index contributed by atoms with van der Waals surface area (Å²) in [6.45, 7) is 0.347.